The van der Waals surface area contributed by atoms with Crippen molar-refractivity contribution < 1.29 is 5.11 Å². The number of aromatic nitrogens is 2. The second kappa shape index (κ2) is 6.91. The van der Waals surface area contributed by atoms with Gasteiger partial charge in [0, 0.05) is 6.54 Å². The highest BCUT2D eigenvalue weighted by Crippen LogP contribution is 2.23. The van der Waals surface area contributed by atoms with Crippen molar-refractivity contribution in [2.24, 2.45) is 0 Å². The number of nitrogens with zero attached hydrogens (tertiary/aromatic N) is 1. The number of aliphatic hydroxyl groups excluding tert-OH is 1. The Labute approximate surface area is 124 Å². The van der Waals surface area contributed by atoms with Crippen LogP contribution in [0, 0.1) is 0 Å². The summed E-state index contributed by atoms with van der Waals surface area (Å²) in [6.07, 6.45) is 3.29. The van der Waals surface area contributed by atoms with E-state index in [-0.39, 0.29) is 31.4 Å². The highest BCUT2D eigenvalue weighted by atomic mass is 35.5. The van der Waals surface area contributed by atoms with Crippen molar-refractivity contribution in [3.63, 3.8) is 0 Å². The molecule has 1 aromatic carbocycles. The summed E-state index contributed by atoms with van der Waals surface area (Å²) in [5.74, 6) is 0.622. The predicted molar refractivity (Wildman–Crippen MR) is 82.0 cm³/mol. The molecule has 1 aliphatic rings. The highest BCUT2D eigenvalue weighted by Gasteiger charge is 2.08. The molecule has 19 heavy (non-hydrogen) atoms. The SMILES string of the molecule is Cl.Cl.OCc1nc2ccc(C3=CCNCC3)cc2[nH]1. The summed E-state index contributed by atoms with van der Waals surface area (Å²) in [4.78, 5) is 7.40. The molecule has 0 amide bonds. The van der Waals surface area contributed by atoms with Crippen LogP contribution in [0.4, 0.5) is 0 Å². The van der Waals surface area contributed by atoms with Gasteiger partial charge in [0.25, 0.3) is 0 Å². The normalized spacial score (nSPS) is 14.5. The minimum Gasteiger partial charge on any atom is -0.388 e. The maximum atomic E-state index is 9.04. The van der Waals surface area contributed by atoms with Crippen LogP contribution in [-0.2, 0) is 6.61 Å². The van der Waals surface area contributed by atoms with Crippen LogP contribution in [0.2, 0.25) is 0 Å². The van der Waals surface area contributed by atoms with E-state index in [0.717, 1.165) is 30.5 Å². The molecule has 0 saturated carbocycles. The van der Waals surface area contributed by atoms with Gasteiger partial charge in [-0.25, -0.2) is 4.98 Å². The lowest BCUT2D eigenvalue weighted by Crippen LogP contribution is -2.19. The van der Waals surface area contributed by atoms with Gasteiger partial charge in [-0.15, -0.1) is 24.8 Å². The second-order valence-electron chi connectivity index (χ2n) is 4.26. The van der Waals surface area contributed by atoms with Crippen LogP contribution in [0.25, 0.3) is 16.6 Å². The maximum Gasteiger partial charge on any atom is 0.133 e. The van der Waals surface area contributed by atoms with Gasteiger partial charge in [-0.1, -0.05) is 12.1 Å². The van der Waals surface area contributed by atoms with Crippen LogP contribution in [0.15, 0.2) is 24.3 Å². The van der Waals surface area contributed by atoms with Crippen molar-refractivity contribution in [1.82, 2.24) is 15.3 Å². The number of halogens is 2. The Morgan fingerprint density at radius 1 is 1.26 bits per heavy atom. The number of fused-ring (bicyclic) bond motifs is 1. The molecule has 0 atom stereocenters. The number of hydrogen-bond acceptors (Lipinski definition) is 3. The number of aliphatic hydroxyl groups is 1. The molecule has 0 aliphatic carbocycles. The van der Waals surface area contributed by atoms with E-state index in [1.54, 1.807) is 0 Å². The van der Waals surface area contributed by atoms with Crippen molar-refractivity contribution in [2.45, 2.75) is 13.0 Å². The Kier molecular flexibility index (Phi) is 5.82. The van der Waals surface area contributed by atoms with E-state index in [4.69, 9.17) is 5.11 Å². The number of hydrogen-bond donors (Lipinski definition) is 3. The van der Waals surface area contributed by atoms with Gasteiger partial charge >= 0.3 is 0 Å². The molecule has 1 aliphatic heterocycles. The number of imidazole rings is 1. The van der Waals surface area contributed by atoms with Crippen LogP contribution in [0.3, 0.4) is 0 Å². The third-order valence-corrected chi connectivity index (χ3v) is 3.12. The van der Waals surface area contributed by atoms with Crippen molar-refractivity contribution in [3.05, 3.63) is 35.7 Å². The monoisotopic (exact) mass is 301 g/mol. The van der Waals surface area contributed by atoms with E-state index in [1.807, 2.05) is 6.07 Å². The molecule has 0 spiro atoms. The van der Waals surface area contributed by atoms with Gasteiger partial charge < -0.3 is 15.4 Å². The average Bonchev–Trinajstić information content (AvgIpc) is 2.81. The molecule has 3 rings (SSSR count). The van der Waals surface area contributed by atoms with Gasteiger partial charge in [0.15, 0.2) is 0 Å². The number of H-pyrrole nitrogens is 1. The molecule has 0 unspecified atom stereocenters. The molecular weight excluding hydrogens is 285 g/mol. The lowest BCUT2D eigenvalue weighted by Gasteiger charge is -2.13. The number of aromatic amines is 1. The minimum atomic E-state index is -0.0450. The zero-order chi connectivity index (χ0) is 11.7. The van der Waals surface area contributed by atoms with Crippen molar-refractivity contribution in [3.8, 4) is 0 Å². The zero-order valence-corrected chi connectivity index (χ0v) is 12.0. The molecule has 1 aromatic heterocycles. The summed E-state index contributed by atoms with van der Waals surface area (Å²) in [5.41, 5.74) is 4.52. The Hall–Kier alpha value is -1.07. The van der Waals surface area contributed by atoms with E-state index < -0.39 is 0 Å². The summed E-state index contributed by atoms with van der Waals surface area (Å²) in [6, 6.07) is 6.21. The molecule has 4 nitrogen and oxygen atoms in total. The number of rotatable bonds is 2. The highest BCUT2D eigenvalue weighted by molar-refractivity contribution is 5.85. The van der Waals surface area contributed by atoms with Crippen LogP contribution in [0.1, 0.15) is 17.8 Å². The first-order chi connectivity index (χ1) is 8.36. The second-order valence-corrected chi connectivity index (χ2v) is 4.26. The molecule has 0 bridgehead atoms. The lowest BCUT2D eigenvalue weighted by molar-refractivity contribution is 0.273. The lowest BCUT2D eigenvalue weighted by atomic mass is 10.00. The summed E-state index contributed by atoms with van der Waals surface area (Å²) in [7, 11) is 0. The minimum absolute atomic E-state index is 0. The fraction of sp³-hybridized carbons (Fsp3) is 0.308. The molecule has 2 aromatic rings. The van der Waals surface area contributed by atoms with E-state index in [1.165, 1.54) is 11.1 Å². The first kappa shape index (κ1) is 16.0. The van der Waals surface area contributed by atoms with Crippen molar-refractivity contribution >= 4 is 41.4 Å². The Bertz CT molecular complexity index is 580. The molecular formula is C13H17Cl2N3O. The van der Waals surface area contributed by atoms with Gasteiger partial charge in [0.1, 0.15) is 12.4 Å². The Morgan fingerprint density at radius 3 is 2.79 bits per heavy atom. The van der Waals surface area contributed by atoms with Gasteiger partial charge in [0.05, 0.1) is 11.0 Å². The largest absolute Gasteiger partial charge is 0.388 e. The third-order valence-electron chi connectivity index (χ3n) is 3.12. The fourth-order valence-corrected chi connectivity index (χ4v) is 2.22. The molecule has 104 valence electrons. The van der Waals surface area contributed by atoms with Gasteiger partial charge in [-0.05, 0) is 36.2 Å². The fourth-order valence-electron chi connectivity index (χ4n) is 2.22. The van der Waals surface area contributed by atoms with E-state index in [2.05, 4.69) is 33.5 Å². The van der Waals surface area contributed by atoms with E-state index in [0.29, 0.717) is 5.82 Å². The maximum absolute atomic E-state index is 9.04. The Morgan fingerprint density at radius 2 is 2.11 bits per heavy atom. The summed E-state index contributed by atoms with van der Waals surface area (Å²) in [6.45, 7) is 1.93. The topological polar surface area (TPSA) is 60.9 Å². The molecule has 0 radical (unpaired) electrons. The van der Waals surface area contributed by atoms with Crippen LogP contribution in [0.5, 0.6) is 0 Å². The Balaban J connectivity index is 0.000000902. The molecule has 2 heterocycles. The first-order valence-corrected chi connectivity index (χ1v) is 5.86. The zero-order valence-electron chi connectivity index (χ0n) is 10.3. The standard InChI is InChI=1S/C13H15N3O.2ClH/c17-8-13-15-11-2-1-10(7-12(11)16-13)9-3-5-14-6-4-9;;/h1-3,7,14,17H,4-6,8H2,(H,15,16);2*1H. The average molecular weight is 302 g/mol. The van der Waals surface area contributed by atoms with Crippen LogP contribution >= 0.6 is 24.8 Å². The van der Waals surface area contributed by atoms with E-state index >= 15 is 0 Å². The molecule has 0 saturated heterocycles. The quantitative estimate of drug-likeness (QED) is 0.797. The summed E-state index contributed by atoms with van der Waals surface area (Å²) >= 11 is 0. The third kappa shape index (κ3) is 3.28. The summed E-state index contributed by atoms with van der Waals surface area (Å²) < 4.78 is 0. The molecule has 0 fully saturated rings. The van der Waals surface area contributed by atoms with Gasteiger partial charge in [0.2, 0.25) is 0 Å². The molecule has 6 heteroatoms. The van der Waals surface area contributed by atoms with E-state index in [9.17, 15) is 0 Å². The van der Waals surface area contributed by atoms with Crippen LogP contribution in [-0.4, -0.2) is 28.2 Å². The van der Waals surface area contributed by atoms with Crippen LogP contribution < -0.4 is 5.32 Å². The molecule has 3 N–H and O–H groups in total. The number of nitrogens with one attached hydrogen (secondary N) is 2. The first-order valence-electron chi connectivity index (χ1n) is 5.86. The van der Waals surface area contributed by atoms with Gasteiger partial charge in [-0.3, -0.25) is 0 Å². The van der Waals surface area contributed by atoms with Gasteiger partial charge in [-0.2, -0.15) is 0 Å². The number of benzene rings is 1. The smallest absolute Gasteiger partial charge is 0.133 e. The summed E-state index contributed by atoms with van der Waals surface area (Å²) in [5, 5.41) is 12.3. The predicted octanol–water partition coefficient (Wildman–Crippen LogP) is 2.28. The van der Waals surface area contributed by atoms with Crippen molar-refractivity contribution in [2.75, 3.05) is 13.1 Å². The van der Waals surface area contributed by atoms with Crippen molar-refractivity contribution in [1.29, 1.82) is 0 Å².